The van der Waals surface area contributed by atoms with E-state index in [9.17, 15) is 9.65 Å². The van der Waals surface area contributed by atoms with Gasteiger partial charge in [-0.05, 0) is 75.3 Å². The number of nitrogens with zero attached hydrogens (tertiary/aromatic N) is 2. The van der Waals surface area contributed by atoms with Crippen LogP contribution in [0.5, 0.6) is 0 Å². The Kier molecular flexibility index (Phi) is 7.45. The molecule has 0 aliphatic heterocycles. The fourth-order valence-corrected chi connectivity index (χ4v) is 4.79. The van der Waals surface area contributed by atoms with Crippen LogP contribution in [0.2, 0.25) is 0 Å². The predicted octanol–water partition coefficient (Wildman–Crippen LogP) is 6.12. The van der Waals surface area contributed by atoms with Crippen LogP contribution in [0.3, 0.4) is 0 Å². The second kappa shape index (κ2) is 10.0. The molecule has 3 heteroatoms. The molecule has 2 nitrogen and oxygen atoms in total. The SMILES string of the molecule is CC(CCC(C#N)(c1ccc(F)cc1)C1CCCC1)N(C)CCc1ccccc1. The highest BCUT2D eigenvalue weighted by Crippen LogP contribution is 2.45. The minimum absolute atomic E-state index is 0.235. The summed E-state index contributed by atoms with van der Waals surface area (Å²) in [6.07, 6.45) is 7.42. The normalized spacial score (nSPS) is 17.8. The molecule has 2 atom stereocenters. The summed E-state index contributed by atoms with van der Waals surface area (Å²) in [7, 11) is 2.18. The average Bonchev–Trinajstić information content (AvgIpc) is 3.30. The highest BCUT2D eigenvalue weighted by atomic mass is 19.1. The average molecular weight is 393 g/mol. The third-order valence-electron chi connectivity index (χ3n) is 6.92. The molecule has 3 rings (SSSR count). The van der Waals surface area contributed by atoms with Gasteiger partial charge in [0.05, 0.1) is 11.5 Å². The van der Waals surface area contributed by atoms with E-state index in [0.717, 1.165) is 44.2 Å². The van der Waals surface area contributed by atoms with E-state index in [2.05, 4.69) is 55.3 Å². The molecule has 1 aliphatic carbocycles. The Labute approximate surface area is 175 Å². The van der Waals surface area contributed by atoms with Gasteiger partial charge in [-0.2, -0.15) is 5.26 Å². The number of hydrogen-bond acceptors (Lipinski definition) is 2. The Morgan fingerprint density at radius 1 is 1.10 bits per heavy atom. The van der Waals surface area contributed by atoms with Crippen molar-refractivity contribution in [1.82, 2.24) is 4.90 Å². The monoisotopic (exact) mass is 392 g/mol. The molecule has 154 valence electrons. The molecule has 0 spiro atoms. The lowest BCUT2D eigenvalue weighted by Crippen LogP contribution is -2.37. The third kappa shape index (κ3) is 5.25. The van der Waals surface area contributed by atoms with E-state index in [1.807, 2.05) is 12.1 Å². The van der Waals surface area contributed by atoms with E-state index >= 15 is 0 Å². The maximum Gasteiger partial charge on any atom is 0.123 e. The summed E-state index contributed by atoms with van der Waals surface area (Å²) < 4.78 is 13.5. The fourth-order valence-electron chi connectivity index (χ4n) is 4.79. The first-order chi connectivity index (χ1) is 14.0. The first-order valence-electron chi connectivity index (χ1n) is 11.0. The lowest BCUT2D eigenvalue weighted by Gasteiger charge is -2.35. The Balaban J connectivity index is 1.67. The molecule has 2 unspecified atom stereocenters. The second-order valence-electron chi connectivity index (χ2n) is 8.68. The van der Waals surface area contributed by atoms with Gasteiger partial charge in [-0.3, -0.25) is 0 Å². The van der Waals surface area contributed by atoms with Gasteiger partial charge in [-0.1, -0.05) is 55.3 Å². The van der Waals surface area contributed by atoms with E-state index in [1.54, 1.807) is 0 Å². The highest BCUT2D eigenvalue weighted by Gasteiger charge is 2.42. The number of benzene rings is 2. The van der Waals surface area contributed by atoms with E-state index in [4.69, 9.17) is 0 Å². The van der Waals surface area contributed by atoms with Gasteiger partial charge in [0.2, 0.25) is 0 Å². The van der Waals surface area contributed by atoms with Crippen LogP contribution < -0.4 is 0 Å². The lowest BCUT2D eigenvalue weighted by molar-refractivity contribution is 0.219. The van der Waals surface area contributed by atoms with Crippen molar-refractivity contribution in [2.75, 3.05) is 13.6 Å². The molecule has 1 saturated carbocycles. The Morgan fingerprint density at radius 2 is 1.76 bits per heavy atom. The molecule has 0 bridgehead atoms. The molecule has 2 aromatic rings. The van der Waals surface area contributed by atoms with Gasteiger partial charge >= 0.3 is 0 Å². The van der Waals surface area contributed by atoms with Crippen molar-refractivity contribution >= 4 is 0 Å². The molecule has 0 aromatic heterocycles. The van der Waals surface area contributed by atoms with E-state index < -0.39 is 5.41 Å². The molecular formula is C26H33FN2. The highest BCUT2D eigenvalue weighted by molar-refractivity contribution is 5.34. The van der Waals surface area contributed by atoms with E-state index in [0.29, 0.717) is 12.0 Å². The van der Waals surface area contributed by atoms with Crippen LogP contribution in [-0.4, -0.2) is 24.5 Å². The number of halogens is 1. The maximum absolute atomic E-state index is 13.5. The van der Waals surface area contributed by atoms with Crippen molar-refractivity contribution in [3.8, 4) is 6.07 Å². The molecule has 0 saturated heterocycles. The summed E-state index contributed by atoms with van der Waals surface area (Å²) in [4.78, 5) is 2.40. The van der Waals surface area contributed by atoms with Crippen LogP contribution in [0.25, 0.3) is 0 Å². The summed E-state index contributed by atoms with van der Waals surface area (Å²) >= 11 is 0. The zero-order valence-electron chi connectivity index (χ0n) is 17.8. The van der Waals surface area contributed by atoms with Crippen LogP contribution >= 0.6 is 0 Å². The molecule has 0 N–H and O–H groups in total. The Morgan fingerprint density at radius 3 is 2.38 bits per heavy atom. The smallest absolute Gasteiger partial charge is 0.123 e. The van der Waals surface area contributed by atoms with Crippen LogP contribution in [0.15, 0.2) is 54.6 Å². The standard InChI is InChI=1S/C26H33FN2/c1-21(29(2)19-17-22-8-4-3-5-9-22)16-18-26(20-28,23-10-6-7-11-23)24-12-14-25(27)15-13-24/h3-5,8-9,12-15,21,23H,6-7,10-11,16-19H2,1-2H3. The fraction of sp³-hybridized carbons (Fsp3) is 0.500. The van der Waals surface area contributed by atoms with Crippen molar-refractivity contribution in [2.24, 2.45) is 5.92 Å². The number of nitriles is 1. The first kappa shape index (κ1) is 21.5. The van der Waals surface area contributed by atoms with Crippen molar-refractivity contribution in [2.45, 2.75) is 63.3 Å². The van der Waals surface area contributed by atoms with E-state index in [-0.39, 0.29) is 5.82 Å². The van der Waals surface area contributed by atoms with Gasteiger partial charge in [-0.15, -0.1) is 0 Å². The topological polar surface area (TPSA) is 27.0 Å². The van der Waals surface area contributed by atoms with Crippen LogP contribution in [0.1, 0.15) is 56.6 Å². The minimum atomic E-state index is -0.501. The Bertz CT molecular complexity index is 790. The zero-order chi connectivity index (χ0) is 20.7. The summed E-state index contributed by atoms with van der Waals surface area (Å²) in [5.41, 5.74) is 1.85. The van der Waals surface area contributed by atoms with E-state index in [1.165, 1.54) is 30.5 Å². The molecular weight excluding hydrogens is 359 g/mol. The minimum Gasteiger partial charge on any atom is -0.303 e. The molecule has 0 heterocycles. The predicted molar refractivity (Wildman–Crippen MR) is 117 cm³/mol. The van der Waals surface area contributed by atoms with Crippen molar-refractivity contribution in [1.29, 1.82) is 5.26 Å². The number of likely N-dealkylation sites (N-methyl/N-ethyl adjacent to an activating group) is 1. The third-order valence-corrected chi connectivity index (χ3v) is 6.92. The maximum atomic E-state index is 13.5. The summed E-state index contributed by atoms with van der Waals surface area (Å²) in [6, 6.07) is 20.4. The number of hydrogen-bond donors (Lipinski definition) is 0. The molecule has 0 amide bonds. The quantitative estimate of drug-likeness (QED) is 0.514. The van der Waals surface area contributed by atoms with Crippen molar-refractivity contribution in [3.05, 3.63) is 71.5 Å². The van der Waals surface area contributed by atoms with Gasteiger partial charge in [0.15, 0.2) is 0 Å². The lowest BCUT2D eigenvalue weighted by atomic mass is 9.67. The summed E-state index contributed by atoms with van der Waals surface area (Å²) in [6.45, 7) is 3.26. The first-order valence-corrected chi connectivity index (χ1v) is 11.0. The van der Waals surface area contributed by atoms with Gasteiger partial charge in [0, 0.05) is 12.6 Å². The molecule has 2 aromatic carbocycles. The van der Waals surface area contributed by atoms with Crippen LogP contribution in [-0.2, 0) is 11.8 Å². The van der Waals surface area contributed by atoms with Crippen LogP contribution in [0, 0.1) is 23.1 Å². The molecule has 0 radical (unpaired) electrons. The second-order valence-corrected chi connectivity index (χ2v) is 8.68. The van der Waals surface area contributed by atoms with Gasteiger partial charge < -0.3 is 4.90 Å². The van der Waals surface area contributed by atoms with Crippen molar-refractivity contribution in [3.63, 3.8) is 0 Å². The molecule has 29 heavy (non-hydrogen) atoms. The largest absolute Gasteiger partial charge is 0.303 e. The number of rotatable bonds is 9. The molecule has 1 fully saturated rings. The molecule has 1 aliphatic rings. The van der Waals surface area contributed by atoms with Gasteiger partial charge in [-0.25, -0.2) is 4.39 Å². The van der Waals surface area contributed by atoms with Gasteiger partial charge in [0.25, 0.3) is 0 Å². The Hall–Kier alpha value is -2.18. The van der Waals surface area contributed by atoms with Crippen LogP contribution in [0.4, 0.5) is 4.39 Å². The summed E-state index contributed by atoms with van der Waals surface area (Å²) in [5, 5.41) is 10.3. The summed E-state index contributed by atoms with van der Waals surface area (Å²) in [5.74, 6) is 0.140. The zero-order valence-corrected chi connectivity index (χ0v) is 17.8. The van der Waals surface area contributed by atoms with Gasteiger partial charge in [0.1, 0.15) is 5.82 Å². The van der Waals surface area contributed by atoms with Crippen molar-refractivity contribution < 1.29 is 4.39 Å².